The first kappa shape index (κ1) is 15.4. The van der Waals surface area contributed by atoms with E-state index in [0.29, 0.717) is 5.92 Å². The average Bonchev–Trinajstić information content (AvgIpc) is 2.86. The molecule has 6 heteroatoms. The van der Waals surface area contributed by atoms with Crippen LogP contribution in [0.4, 0.5) is 0 Å². The number of likely N-dealkylation sites (N-methyl/N-ethyl adjacent to an activating group) is 1. The summed E-state index contributed by atoms with van der Waals surface area (Å²) in [5, 5.41) is 15.9. The van der Waals surface area contributed by atoms with Crippen LogP contribution >= 0.6 is 0 Å². The smallest absolute Gasteiger partial charge is 0.176 e. The fourth-order valence-corrected chi connectivity index (χ4v) is 3.32. The Balaban J connectivity index is 2.03. The van der Waals surface area contributed by atoms with Crippen molar-refractivity contribution in [2.45, 2.75) is 57.6 Å². The zero-order chi connectivity index (χ0) is 14.4. The number of hydrogen-bond donors (Lipinski definition) is 1. The molecular weight excluding hydrogens is 254 g/mol. The molecule has 20 heavy (non-hydrogen) atoms. The molecule has 2 atom stereocenters. The number of aryl methyl sites for hydroxylation is 1. The number of methoxy groups -OCH3 is 1. The molecule has 1 aliphatic rings. The lowest BCUT2D eigenvalue weighted by Gasteiger charge is -2.34. The summed E-state index contributed by atoms with van der Waals surface area (Å²) >= 11 is 0. The molecule has 0 saturated heterocycles. The van der Waals surface area contributed by atoms with E-state index in [1.54, 1.807) is 7.05 Å². The highest BCUT2D eigenvalue weighted by Gasteiger charge is 2.31. The van der Waals surface area contributed by atoms with E-state index in [4.69, 9.17) is 4.74 Å². The van der Waals surface area contributed by atoms with Crippen LogP contribution in [0.5, 0.6) is 0 Å². The highest BCUT2D eigenvalue weighted by atomic mass is 16.5. The summed E-state index contributed by atoms with van der Waals surface area (Å²) in [7, 11) is 3.63. The van der Waals surface area contributed by atoms with Crippen LogP contribution in [0.2, 0.25) is 0 Å². The zero-order valence-electron chi connectivity index (χ0n) is 12.9. The second-order valence-electron chi connectivity index (χ2n) is 5.66. The Morgan fingerprint density at radius 2 is 2.10 bits per heavy atom. The minimum Gasteiger partial charge on any atom is -0.380 e. The van der Waals surface area contributed by atoms with Gasteiger partial charge in [0.25, 0.3) is 0 Å². The maximum Gasteiger partial charge on any atom is 0.176 e. The lowest BCUT2D eigenvalue weighted by molar-refractivity contribution is 0.00821. The van der Waals surface area contributed by atoms with Crippen molar-refractivity contribution >= 4 is 0 Å². The SMILES string of the molecule is CCNC(Cc1nnn(C)n1)C(OC)C1CCCCC1. The summed E-state index contributed by atoms with van der Waals surface area (Å²) in [5.74, 6) is 1.44. The van der Waals surface area contributed by atoms with Crippen LogP contribution in [0.25, 0.3) is 0 Å². The quantitative estimate of drug-likeness (QED) is 0.816. The number of rotatable bonds is 7. The van der Waals surface area contributed by atoms with Gasteiger partial charge in [-0.05, 0) is 30.5 Å². The number of hydrogen-bond acceptors (Lipinski definition) is 5. The number of tetrazole rings is 1. The van der Waals surface area contributed by atoms with Gasteiger partial charge >= 0.3 is 0 Å². The third kappa shape index (κ3) is 3.99. The number of aromatic nitrogens is 4. The Hall–Kier alpha value is -1.01. The topological polar surface area (TPSA) is 64.9 Å². The Morgan fingerprint density at radius 1 is 1.35 bits per heavy atom. The minimum absolute atomic E-state index is 0.235. The van der Waals surface area contributed by atoms with Gasteiger partial charge in [-0.2, -0.15) is 4.80 Å². The summed E-state index contributed by atoms with van der Waals surface area (Å²) in [6.45, 7) is 3.06. The molecule has 1 fully saturated rings. The fraction of sp³-hybridized carbons (Fsp3) is 0.929. The predicted octanol–water partition coefficient (Wildman–Crippen LogP) is 1.33. The summed E-state index contributed by atoms with van der Waals surface area (Å²) in [6.07, 6.45) is 7.57. The molecule has 1 heterocycles. The van der Waals surface area contributed by atoms with Gasteiger partial charge in [-0.1, -0.05) is 26.2 Å². The van der Waals surface area contributed by atoms with Crippen LogP contribution in [0, 0.1) is 5.92 Å². The van der Waals surface area contributed by atoms with Gasteiger partial charge in [0.2, 0.25) is 0 Å². The molecule has 1 aliphatic carbocycles. The highest BCUT2D eigenvalue weighted by Crippen LogP contribution is 2.29. The molecular formula is C14H27N5O. The fourth-order valence-electron chi connectivity index (χ4n) is 3.32. The molecule has 6 nitrogen and oxygen atoms in total. The van der Waals surface area contributed by atoms with Gasteiger partial charge in [0, 0.05) is 19.6 Å². The summed E-state index contributed by atoms with van der Waals surface area (Å²) in [5.41, 5.74) is 0. The largest absolute Gasteiger partial charge is 0.380 e. The Bertz CT molecular complexity index is 389. The van der Waals surface area contributed by atoms with Crippen molar-refractivity contribution < 1.29 is 4.74 Å². The van der Waals surface area contributed by atoms with Crippen molar-refractivity contribution in [3.8, 4) is 0 Å². The van der Waals surface area contributed by atoms with E-state index in [0.717, 1.165) is 18.8 Å². The van der Waals surface area contributed by atoms with Gasteiger partial charge in [-0.15, -0.1) is 10.2 Å². The van der Waals surface area contributed by atoms with Crippen LogP contribution in [0.15, 0.2) is 0 Å². The van der Waals surface area contributed by atoms with Crippen molar-refractivity contribution in [1.82, 2.24) is 25.5 Å². The van der Waals surface area contributed by atoms with Gasteiger partial charge in [0.15, 0.2) is 5.82 Å². The van der Waals surface area contributed by atoms with Gasteiger partial charge in [-0.3, -0.25) is 0 Å². The maximum absolute atomic E-state index is 5.84. The van der Waals surface area contributed by atoms with Crippen LogP contribution in [0.1, 0.15) is 44.9 Å². The molecule has 2 rings (SSSR count). The molecule has 1 saturated carbocycles. The van der Waals surface area contributed by atoms with E-state index in [-0.39, 0.29) is 12.1 Å². The second-order valence-corrected chi connectivity index (χ2v) is 5.66. The van der Waals surface area contributed by atoms with Crippen LogP contribution in [-0.4, -0.2) is 46.0 Å². The summed E-state index contributed by atoms with van der Waals surface area (Å²) in [4.78, 5) is 1.51. The van der Waals surface area contributed by atoms with Crippen molar-refractivity contribution in [2.24, 2.45) is 13.0 Å². The van der Waals surface area contributed by atoms with Crippen LogP contribution in [0.3, 0.4) is 0 Å². The molecule has 0 aliphatic heterocycles. The molecule has 0 bridgehead atoms. The third-order valence-corrected chi connectivity index (χ3v) is 4.20. The van der Waals surface area contributed by atoms with E-state index in [2.05, 4.69) is 27.7 Å². The van der Waals surface area contributed by atoms with Crippen molar-refractivity contribution in [3.63, 3.8) is 0 Å². The van der Waals surface area contributed by atoms with Crippen LogP contribution in [-0.2, 0) is 18.2 Å². The Morgan fingerprint density at radius 3 is 2.65 bits per heavy atom. The van der Waals surface area contributed by atoms with Crippen molar-refractivity contribution in [2.75, 3.05) is 13.7 Å². The number of nitrogens with zero attached hydrogens (tertiary/aromatic N) is 4. The van der Waals surface area contributed by atoms with E-state index >= 15 is 0 Å². The van der Waals surface area contributed by atoms with Crippen LogP contribution < -0.4 is 5.32 Å². The van der Waals surface area contributed by atoms with Gasteiger partial charge < -0.3 is 10.1 Å². The number of nitrogens with one attached hydrogen (secondary N) is 1. The highest BCUT2D eigenvalue weighted by molar-refractivity contribution is 4.92. The van der Waals surface area contributed by atoms with Gasteiger partial charge in [0.1, 0.15) is 0 Å². The zero-order valence-corrected chi connectivity index (χ0v) is 12.9. The first-order valence-electron chi connectivity index (χ1n) is 7.73. The average molecular weight is 281 g/mol. The molecule has 0 radical (unpaired) electrons. The normalized spacial score (nSPS) is 19.9. The van der Waals surface area contributed by atoms with E-state index in [9.17, 15) is 0 Å². The predicted molar refractivity (Wildman–Crippen MR) is 77.3 cm³/mol. The van der Waals surface area contributed by atoms with Gasteiger partial charge in [0.05, 0.1) is 13.2 Å². The first-order chi connectivity index (χ1) is 9.74. The summed E-state index contributed by atoms with van der Waals surface area (Å²) in [6, 6.07) is 0.261. The van der Waals surface area contributed by atoms with Gasteiger partial charge in [-0.25, -0.2) is 0 Å². The monoisotopic (exact) mass is 281 g/mol. The maximum atomic E-state index is 5.84. The van der Waals surface area contributed by atoms with E-state index in [1.165, 1.54) is 36.9 Å². The standard InChI is InChI=1S/C14H27N5O/c1-4-15-12(10-13-16-18-19(2)17-13)14(20-3)11-8-6-5-7-9-11/h11-12,14-15H,4-10H2,1-3H3. The molecule has 1 aromatic rings. The molecule has 2 unspecified atom stereocenters. The lowest BCUT2D eigenvalue weighted by Crippen LogP contribution is -2.47. The molecule has 0 aromatic carbocycles. The van der Waals surface area contributed by atoms with E-state index < -0.39 is 0 Å². The Labute approximate surface area is 121 Å². The lowest BCUT2D eigenvalue weighted by atomic mass is 9.81. The first-order valence-corrected chi connectivity index (χ1v) is 7.73. The summed E-state index contributed by atoms with van der Waals surface area (Å²) < 4.78 is 5.84. The molecule has 0 spiro atoms. The molecule has 1 aromatic heterocycles. The van der Waals surface area contributed by atoms with Crippen molar-refractivity contribution in [1.29, 1.82) is 0 Å². The van der Waals surface area contributed by atoms with E-state index in [1.807, 2.05) is 7.11 Å². The Kier molecular flexibility index (Phi) is 5.91. The molecule has 1 N–H and O–H groups in total. The molecule has 114 valence electrons. The minimum atomic E-state index is 0.235. The second kappa shape index (κ2) is 7.69. The number of ether oxygens (including phenoxy) is 1. The molecule has 0 amide bonds. The third-order valence-electron chi connectivity index (χ3n) is 4.20. The van der Waals surface area contributed by atoms with Crippen molar-refractivity contribution in [3.05, 3.63) is 5.82 Å².